The van der Waals surface area contributed by atoms with Crippen molar-refractivity contribution in [1.29, 1.82) is 0 Å². The molecule has 7 heteroatoms. The zero-order chi connectivity index (χ0) is 15.9. The van der Waals surface area contributed by atoms with Crippen molar-refractivity contribution in [2.45, 2.75) is 13.2 Å². The van der Waals surface area contributed by atoms with Crippen LogP contribution in [0, 0.1) is 0 Å². The van der Waals surface area contributed by atoms with Gasteiger partial charge < -0.3 is 15.4 Å². The second kappa shape index (κ2) is 7.37. The van der Waals surface area contributed by atoms with Gasteiger partial charge in [0.1, 0.15) is 0 Å². The van der Waals surface area contributed by atoms with E-state index >= 15 is 0 Å². The molecule has 7 nitrogen and oxygen atoms in total. The normalized spacial score (nSPS) is 10.3. The maximum Gasteiger partial charge on any atom is 0.313 e. The lowest BCUT2D eigenvalue weighted by atomic mass is 10.1. The minimum Gasteiger partial charge on any atom is -0.380 e. The Bertz CT molecular complexity index is 649. The molecular formula is C15H18N4O3. The van der Waals surface area contributed by atoms with E-state index in [0.29, 0.717) is 12.3 Å². The summed E-state index contributed by atoms with van der Waals surface area (Å²) < 4.78 is 6.56. The van der Waals surface area contributed by atoms with E-state index in [1.165, 1.54) is 10.9 Å². The highest BCUT2D eigenvalue weighted by atomic mass is 16.5. The molecule has 0 aliphatic carbocycles. The highest BCUT2D eigenvalue weighted by Crippen LogP contribution is 2.06. The smallest absolute Gasteiger partial charge is 0.313 e. The minimum absolute atomic E-state index is 0.284. The summed E-state index contributed by atoms with van der Waals surface area (Å²) in [5.41, 5.74) is 2.43. The zero-order valence-electron chi connectivity index (χ0n) is 12.5. The van der Waals surface area contributed by atoms with Gasteiger partial charge in [-0.2, -0.15) is 5.10 Å². The second-order valence-electron chi connectivity index (χ2n) is 4.79. The first-order chi connectivity index (χ1) is 10.6. The van der Waals surface area contributed by atoms with Crippen molar-refractivity contribution in [3.63, 3.8) is 0 Å². The van der Waals surface area contributed by atoms with E-state index in [0.717, 1.165) is 11.1 Å². The number of hydrogen-bond donors (Lipinski definition) is 2. The Hall–Kier alpha value is -2.67. The first kappa shape index (κ1) is 15.7. The molecule has 0 aliphatic heterocycles. The zero-order valence-corrected chi connectivity index (χ0v) is 12.5. The SMILES string of the molecule is COCc1ccc(CNC(=O)C(=O)Nc2cnn(C)c2)cc1. The number of aromatic nitrogens is 2. The lowest BCUT2D eigenvalue weighted by Crippen LogP contribution is -2.34. The van der Waals surface area contributed by atoms with Crippen LogP contribution in [0.4, 0.5) is 5.69 Å². The summed E-state index contributed by atoms with van der Waals surface area (Å²) in [5.74, 6) is -1.41. The third-order valence-electron chi connectivity index (χ3n) is 2.96. The molecule has 0 bridgehead atoms. The van der Waals surface area contributed by atoms with Gasteiger partial charge in [0.2, 0.25) is 0 Å². The Morgan fingerprint density at radius 3 is 2.45 bits per heavy atom. The Morgan fingerprint density at radius 2 is 1.86 bits per heavy atom. The summed E-state index contributed by atoms with van der Waals surface area (Å²) >= 11 is 0. The lowest BCUT2D eigenvalue weighted by molar-refractivity contribution is -0.136. The van der Waals surface area contributed by atoms with Gasteiger partial charge in [-0.05, 0) is 11.1 Å². The van der Waals surface area contributed by atoms with E-state index in [1.54, 1.807) is 20.4 Å². The summed E-state index contributed by atoms with van der Waals surface area (Å²) in [5, 5.41) is 8.95. The van der Waals surface area contributed by atoms with Crippen LogP contribution in [0.1, 0.15) is 11.1 Å². The molecule has 2 amide bonds. The number of anilines is 1. The van der Waals surface area contributed by atoms with Gasteiger partial charge in [-0.25, -0.2) is 0 Å². The number of carbonyl (C=O) groups is 2. The Morgan fingerprint density at radius 1 is 1.18 bits per heavy atom. The standard InChI is InChI=1S/C15H18N4O3/c1-19-9-13(8-17-19)18-15(21)14(20)16-7-11-3-5-12(6-4-11)10-22-2/h3-6,8-9H,7,10H2,1-2H3,(H,16,20)(H,18,21). The van der Waals surface area contributed by atoms with Gasteiger partial charge in [0.15, 0.2) is 0 Å². The molecule has 0 aliphatic rings. The van der Waals surface area contributed by atoms with Gasteiger partial charge >= 0.3 is 11.8 Å². The second-order valence-corrected chi connectivity index (χ2v) is 4.79. The predicted molar refractivity (Wildman–Crippen MR) is 80.8 cm³/mol. The third-order valence-corrected chi connectivity index (χ3v) is 2.96. The number of nitrogens with one attached hydrogen (secondary N) is 2. The molecule has 0 saturated carbocycles. The van der Waals surface area contributed by atoms with Crippen LogP contribution in [-0.2, 0) is 34.5 Å². The van der Waals surface area contributed by atoms with Crippen LogP contribution in [-0.4, -0.2) is 28.7 Å². The summed E-state index contributed by atoms with van der Waals surface area (Å²) in [4.78, 5) is 23.4. The molecule has 0 spiro atoms. The molecule has 2 aromatic rings. The van der Waals surface area contributed by atoms with Crippen LogP contribution in [0.15, 0.2) is 36.7 Å². The van der Waals surface area contributed by atoms with Gasteiger partial charge in [0.25, 0.3) is 0 Å². The van der Waals surface area contributed by atoms with Gasteiger partial charge in [0, 0.05) is 26.9 Å². The number of aryl methyl sites for hydroxylation is 1. The maximum absolute atomic E-state index is 11.7. The van der Waals surface area contributed by atoms with Crippen molar-refractivity contribution in [1.82, 2.24) is 15.1 Å². The van der Waals surface area contributed by atoms with Gasteiger partial charge in [-0.15, -0.1) is 0 Å². The average Bonchev–Trinajstić information content (AvgIpc) is 2.91. The van der Waals surface area contributed by atoms with Crippen LogP contribution in [0.25, 0.3) is 0 Å². The number of ether oxygens (including phenoxy) is 1. The number of rotatable bonds is 5. The highest BCUT2D eigenvalue weighted by Gasteiger charge is 2.13. The van der Waals surface area contributed by atoms with E-state index in [9.17, 15) is 9.59 Å². The number of nitrogens with zero attached hydrogens (tertiary/aromatic N) is 2. The van der Waals surface area contributed by atoms with E-state index in [-0.39, 0.29) is 6.54 Å². The van der Waals surface area contributed by atoms with Crippen molar-refractivity contribution in [2.75, 3.05) is 12.4 Å². The minimum atomic E-state index is -0.719. The van der Waals surface area contributed by atoms with Crippen LogP contribution in [0.2, 0.25) is 0 Å². The molecule has 116 valence electrons. The number of amides is 2. The molecule has 0 atom stereocenters. The topological polar surface area (TPSA) is 85.2 Å². The fourth-order valence-electron chi connectivity index (χ4n) is 1.86. The lowest BCUT2D eigenvalue weighted by Gasteiger charge is -2.06. The first-order valence-corrected chi connectivity index (χ1v) is 6.73. The van der Waals surface area contributed by atoms with Crippen LogP contribution >= 0.6 is 0 Å². The van der Waals surface area contributed by atoms with Crippen molar-refractivity contribution < 1.29 is 14.3 Å². The molecule has 1 aromatic carbocycles. The van der Waals surface area contributed by atoms with Crippen LogP contribution < -0.4 is 10.6 Å². The van der Waals surface area contributed by atoms with Crippen molar-refractivity contribution in [3.05, 3.63) is 47.8 Å². The third kappa shape index (κ3) is 4.42. The Kier molecular flexibility index (Phi) is 5.26. The van der Waals surface area contributed by atoms with Crippen LogP contribution in [0.5, 0.6) is 0 Å². The number of carbonyl (C=O) groups excluding carboxylic acids is 2. The average molecular weight is 302 g/mol. The van der Waals surface area contributed by atoms with E-state index in [1.807, 2.05) is 24.3 Å². The van der Waals surface area contributed by atoms with Gasteiger partial charge in [-0.1, -0.05) is 24.3 Å². The number of benzene rings is 1. The van der Waals surface area contributed by atoms with E-state index in [2.05, 4.69) is 15.7 Å². The fraction of sp³-hybridized carbons (Fsp3) is 0.267. The quantitative estimate of drug-likeness (QED) is 0.801. The summed E-state index contributed by atoms with van der Waals surface area (Å²) in [6, 6.07) is 7.60. The number of methoxy groups -OCH3 is 1. The van der Waals surface area contributed by atoms with Crippen molar-refractivity contribution >= 4 is 17.5 Å². The van der Waals surface area contributed by atoms with Crippen molar-refractivity contribution in [3.8, 4) is 0 Å². The molecule has 1 heterocycles. The molecule has 2 N–H and O–H groups in total. The first-order valence-electron chi connectivity index (χ1n) is 6.73. The molecule has 0 radical (unpaired) electrons. The van der Waals surface area contributed by atoms with Crippen molar-refractivity contribution in [2.24, 2.45) is 7.05 Å². The van der Waals surface area contributed by atoms with E-state index < -0.39 is 11.8 Å². The summed E-state index contributed by atoms with van der Waals surface area (Å²) in [7, 11) is 3.36. The molecule has 0 saturated heterocycles. The summed E-state index contributed by atoms with van der Waals surface area (Å²) in [6.45, 7) is 0.826. The molecule has 0 unspecified atom stereocenters. The molecule has 22 heavy (non-hydrogen) atoms. The molecule has 0 fully saturated rings. The largest absolute Gasteiger partial charge is 0.380 e. The maximum atomic E-state index is 11.7. The van der Waals surface area contributed by atoms with Gasteiger partial charge in [0.05, 0.1) is 18.5 Å². The molecule has 2 rings (SSSR count). The van der Waals surface area contributed by atoms with Crippen LogP contribution in [0.3, 0.4) is 0 Å². The predicted octanol–water partition coefficient (Wildman–Crippen LogP) is 0.821. The monoisotopic (exact) mass is 302 g/mol. The molecular weight excluding hydrogens is 284 g/mol. The highest BCUT2D eigenvalue weighted by molar-refractivity contribution is 6.39. The Labute approximate surface area is 128 Å². The van der Waals surface area contributed by atoms with E-state index in [4.69, 9.17) is 4.74 Å². The Balaban J connectivity index is 1.82. The summed E-state index contributed by atoms with van der Waals surface area (Å²) in [6.07, 6.45) is 3.08. The number of hydrogen-bond acceptors (Lipinski definition) is 4. The fourth-order valence-corrected chi connectivity index (χ4v) is 1.86. The molecule has 1 aromatic heterocycles. The van der Waals surface area contributed by atoms with Gasteiger partial charge in [-0.3, -0.25) is 14.3 Å².